The minimum atomic E-state index is -3.73. The molecular formula is C24H24N2O5S2. The topological polar surface area (TPSA) is 92.8 Å². The third-order valence-electron chi connectivity index (χ3n) is 4.86. The lowest BCUT2D eigenvalue weighted by Crippen LogP contribution is -2.26. The van der Waals surface area contributed by atoms with Crippen LogP contribution in [0.3, 0.4) is 0 Å². The number of esters is 1. The van der Waals surface area contributed by atoms with Crippen LogP contribution in [0.4, 0.5) is 11.4 Å². The largest absolute Gasteiger partial charge is 0.462 e. The van der Waals surface area contributed by atoms with Crippen molar-refractivity contribution in [3.8, 4) is 0 Å². The van der Waals surface area contributed by atoms with Crippen LogP contribution in [0.25, 0.3) is 0 Å². The molecular weight excluding hydrogens is 460 g/mol. The highest BCUT2D eigenvalue weighted by Gasteiger charge is 2.21. The summed E-state index contributed by atoms with van der Waals surface area (Å²) in [6.45, 7) is 2.02. The maximum Gasteiger partial charge on any atom is 0.338 e. The Bertz CT molecular complexity index is 1220. The first kappa shape index (κ1) is 24.3. The molecule has 33 heavy (non-hydrogen) atoms. The van der Waals surface area contributed by atoms with E-state index in [0.717, 1.165) is 4.90 Å². The molecule has 0 saturated heterocycles. The third kappa shape index (κ3) is 5.74. The Balaban J connectivity index is 1.69. The average molecular weight is 485 g/mol. The molecule has 3 rings (SSSR count). The number of hydrogen-bond donors (Lipinski definition) is 1. The van der Waals surface area contributed by atoms with Gasteiger partial charge < -0.3 is 10.1 Å². The van der Waals surface area contributed by atoms with Gasteiger partial charge in [-0.25, -0.2) is 13.2 Å². The normalized spacial score (nSPS) is 11.0. The highest BCUT2D eigenvalue weighted by Crippen LogP contribution is 2.24. The van der Waals surface area contributed by atoms with Crippen molar-refractivity contribution in [2.45, 2.75) is 16.7 Å². The van der Waals surface area contributed by atoms with E-state index in [2.05, 4.69) is 5.32 Å². The van der Waals surface area contributed by atoms with Gasteiger partial charge in [-0.15, -0.1) is 11.8 Å². The average Bonchev–Trinajstić information content (AvgIpc) is 2.84. The summed E-state index contributed by atoms with van der Waals surface area (Å²) in [6.07, 6.45) is 1.92. The monoisotopic (exact) mass is 484 g/mol. The van der Waals surface area contributed by atoms with Gasteiger partial charge in [-0.3, -0.25) is 9.10 Å². The lowest BCUT2D eigenvalue weighted by molar-refractivity contribution is 0.0526. The quantitative estimate of drug-likeness (QED) is 0.369. The molecule has 0 aliphatic carbocycles. The molecule has 0 aromatic heterocycles. The van der Waals surface area contributed by atoms with E-state index in [9.17, 15) is 18.0 Å². The van der Waals surface area contributed by atoms with Crippen molar-refractivity contribution in [3.63, 3.8) is 0 Å². The van der Waals surface area contributed by atoms with Gasteiger partial charge in [0.2, 0.25) is 0 Å². The van der Waals surface area contributed by atoms with Gasteiger partial charge in [0.1, 0.15) is 0 Å². The fourth-order valence-corrected chi connectivity index (χ4v) is 4.58. The molecule has 0 aliphatic heterocycles. The molecule has 0 spiro atoms. The molecule has 0 unspecified atom stereocenters. The summed E-state index contributed by atoms with van der Waals surface area (Å²) in [7, 11) is -2.26. The fourth-order valence-electron chi connectivity index (χ4n) is 2.97. The van der Waals surface area contributed by atoms with Gasteiger partial charge in [0.25, 0.3) is 15.9 Å². The van der Waals surface area contributed by atoms with Crippen LogP contribution in [0.5, 0.6) is 0 Å². The minimum Gasteiger partial charge on any atom is -0.462 e. The minimum absolute atomic E-state index is 0.191. The van der Waals surface area contributed by atoms with E-state index in [0.29, 0.717) is 22.5 Å². The maximum absolute atomic E-state index is 12.9. The number of hydrogen-bond acceptors (Lipinski definition) is 6. The molecule has 172 valence electrons. The van der Waals surface area contributed by atoms with Crippen LogP contribution in [0.1, 0.15) is 27.6 Å². The molecule has 3 aromatic rings. The standard InChI is InChI=1S/C24H24N2O5S2/c1-4-31-24(28)18-5-9-19(10-6-18)25-23(27)17-7-11-20(12-8-17)26(2)33(29,30)22-15-13-21(32-3)14-16-22/h5-16H,4H2,1-3H3,(H,25,27). The van der Waals surface area contributed by atoms with Crippen molar-refractivity contribution in [1.82, 2.24) is 0 Å². The highest BCUT2D eigenvalue weighted by atomic mass is 32.2. The summed E-state index contributed by atoms with van der Waals surface area (Å²) in [4.78, 5) is 25.4. The fraction of sp³-hybridized carbons (Fsp3) is 0.167. The van der Waals surface area contributed by atoms with Crippen LogP contribution >= 0.6 is 11.8 Å². The van der Waals surface area contributed by atoms with E-state index >= 15 is 0 Å². The van der Waals surface area contributed by atoms with Gasteiger partial charge >= 0.3 is 5.97 Å². The van der Waals surface area contributed by atoms with Gasteiger partial charge in [-0.05, 0) is 86.0 Å². The van der Waals surface area contributed by atoms with Gasteiger partial charge in [0.05, 0.1) is 22.8 Å². The molecule has 1 N–H and O–H groups in total. The summed E-state index contributed by atoms with van der Waals surface area (Å²) in [6, 6.07) is 19.3. The van der Waals surface area contributed by atoms with Crippen LogP contribution in [0.2, 0.25) is 0 Å². The maximum atomic E-state index is 12.9. The highest BCUT2D eigenvalue weighted by molar-refractivity contribution is 7.98. The molecule has 0 heterocycles. The first-order valence-electron chi connectivity index (χ1n) is 10.1. The lowest BCUT2D eigenvalue weighted by Gasteiger charge is -2.20. The summed E-state index contributed by atoms with van der Waals surface area (Å²) < 4.78 is 31.9. The van der Waals surface area contributed by atoms with E-state index in [1.165, 1.54) is 23.1 Å². The zero-order valence-electron chi connectivity index (χ0n) is 18.4. The number of ether oxygens (including phenoxy) is 1. The SMILES string of the molecule is CCOC(=O)c1ccc(NC(=O)c2ccc(N(C)S(=O)(=O)c3ccc(SC)cc3)cc2)cc1. The number of carbonyl (C=O) groups is 2. The molecule has 0 atom stereocenters. The zero-order chi connectivity index (χ0) is 24.0. The summed E-state index contributed by atoms with van der Waals surface area (Å²) in [5.41, 5.74) is 1.71. The molecule has 0 radical (unpaired) electrons. The van der Waals surface area contributed by atoms with Crippen molar-refractivity contribution in [2.24, 2.45) is 0 Å². The van der Waals surface area contributed by atoms with Crippen LogP contribution in [0, 0.1) is 0 Å². The van der Waals surface area contributed by atoms with Gasteiger partial charge in [-0.2, -0.15) is 0 Å². The number of thioether (sulfide) groups is 1. The summed E-state index contributed by atoms with van der Waals surface area (Å²) in [5.74, 6) is -0.783. The molecule has 7 nitrogen and oxygen atoms in total. The molecule has 1 amide bonds. The number of amides is 1. The Morgan fingerprint density at radius 1 is 0.909 bits per heavy atom. The van der Waals surface area contributed by atoms with Gasteiger partial charge in [0, 0.05) is 23.2 Å². The zero-order valence-corrected chi connectivity index (χ0v) is 20.1. The smallest absolute Gasteiger partial charge is 0.338 e. The Labute approximate surface area is 197 Å². The number of benzene rings is 3. The molecule has 3 aromatic carbocycles. The van der Waals surface area contributed by atoms with Crippen molar-refractivity contribution < 1.29 is 22.7 Å². The Kier molecular flexibility index (Phi) is 7.78. The second kappa shape index (κ2) is 10.5. The predicted octanol–water partition coefficient (Wildman–Crippen LogP) is 4.66. The van der Waals surface area contributed by atoms with Crippen molar-refractivity contribution in [2.75, 3.05) is 29.5 Å². The molecule has 0 bridgehead atoms. The molecule has 0 fully saturated rings. The van der Waals surface area contributed by atoms with Gasteiger partial charge in [-0.1, -0.05) is 0 Å². The first-order valence-corrected chi connectivity index (χ1v) is 12.7. The van der Waals surface area contributed by atoms with Crippen LogP contribution in [-0.4, -0.2) is 40.2 Å². The molecule has 0 aliphatic rings. The van der Waals surface area contributed by atoms with E-state index < -0.39 is 16.0 Å². The first-order chi connectivity index (χ1) is 15.8. The Morgan fingerprint density at radius 2 is 1.48 bits per heavy atom. The third-order valence-corrected chi connectivity index (χ3v) is 7.41. The van der Waals surface area contributed by atoms with E-state index in [4.69, 9.17) is 4.74 Å². The Morgan fingerprint density at radius 3 is 2.03 bits per heavy atom. The van der Waals surface area contributed by atoms with Gasteiger partial charge in [0.15, 0.2) is 0 Å². The van der Waals surface area contributed by atoms with Crippen LogP contribution < -0.4 is 9.62 Å². The summed E-state index contributed by atoms with van der Waals surface area (Å²) in [5, 5.41) is 2.75. The van der Waals surface area contributed by atoms with E-state index in [-0.39, 0.29) is 17.4 Å². The predicted molar refractivity (Wildman–Crippen MR) is 131 cm³/mol. The second-order valence-corrected chi connectivity index (χ2v) is 9.80. The van der Waals surface area contributed by atoms with Crippen LogP contribution in [0.15, 0.2) is 82.6 Å². The summed E-state index contributed by atoms with van der Waals surface area (Å²) >= 11 is 1.53. The van der Waals surface area contributed by atoms with E-state index in [1.54, 1.807) is 79.7 Å². The number of anilines is 2. The Hall–Kier alpha value is -3.30. The van der Waals surface area contributed by atoms with Crippen molar-refractivity contribution in [3.05, 3.63) is 83.9 Å². The number of rotatable bonds is 8. The van der Waals surface area contributed by atoms with Crippen molar-refractivity contribution in [1.29, 1.82) is 0 Å². The molecule has 9 heteroatoms. The van der Waals surface area contributed by atoms with Crippen molar-refractivity contribution >= 4 is 45.0 Å². The molecule has 0 saturated carbocycles. The number of nitrogens with zero attached hydrogens (tertiary/aromatic N) is 1. The number of nitrogens with one attached hydrogen (secondary N) is 1. The lowest BCUT2D eigenvalue weighted by atomic mass is 10.1. The van der Waals surface area contributed by atoms with E-state index in [1.807, 2.05) is 6.26 Å². The second-order valence-electron chi connectivity index (χ2n) is 6.95. The number of sulfonamides is 1. The van der Waals surface area contributed by atoms with Crippen LogP contribution in [-0.2, 0) is 14.8 Å². The number of carbonyl (C=O) groups excluding carboxylic acids is 2.